The van der Waals surface area contributed by atoms with Crippen LogP contribution in [0.25, 0.3) is 0 Å². The lowest BCUT2D eigenvalue weighted by molar-refractivity contribution is 0.0602. The molecule has 0 atom stereocenters. The summed E-state index contributed by atoms with van der Waals surface area (Å²) >= 11 is 1.02. The number of nitrogens with one attached hydrogen (secondary N) is 1. The number of amides is 1. The minimum atomic E-state index is -3.78. The highest BCUT2D eigenvalue weighted by molar-refractivity contribution is 7.89. The van der Waals surface area contributed by atoms with Gasteiger partial charge in [-0.3, -0.25) is 4.90 Å². The number of carbonyl (C=O) groups is 2. The van der Waals surface area contributed by atoms with Crippen LogP contribution >= 0.6 is 11.3 Å². The van der Waals surface area contributed by atoms with Crippen LogP contribution in [-0.4, -0.2) is 83.8 Å². The standard InChI is InChI=1S/C14H21N3O6S2/c1-22-13(18)12-11(3-10-24-12)25(20,21)15-4-5-16-6-8-17(9-7-16)14(19)23-2/h3,10,15H,4-9H2,1-2H3. The average molecular weight is 391 g/mol. The van der Waals surface area contributed by atoms with Gasteiger partial charge < -0.3 is 14.4 Å². The second kappa shape index (κ2) is 8.61. The first-order chi connectivity index (χ1) is 11.9. The highest BCUT2D eigenvalue weighted by atomic mass is 32.2. The summed E-state index contributed by atoms with van der Waals surface area (Å²) in [6.45, 7) is 3.07. The second-order valence-electron chi connectivity index (χ2n) is 5.30. The van der Waals surface area contributed by atoms with Crippen molar-refractivity contribution in [1.29, 1.82) is 0 Å². The van der Waals surface area contributed by atoms with E-state index in [1.165, 1.54) is 25.7 Å². The van der Waals surface area contributed by atoms with Crippen LogP contribution in [0.4, 0.5) is 4.79 Å². The van der Waals surface area contributed by atoms with Crippen molar-refractivity contribution in [2.75, 3.05) is 53.5 Å². The van der Waals surface area contributed by atoms with Crippen molar-refractivity contribution in [3.8, 4) is 0 Å². The van der Waals surface area contributed by atoms with E-state index in [0.717, 1.165) is 11.3 Å². The van der Waals surface area contributed by atoms with Gasteiger partial charge in [0.1, 0.15) is 9.77 Å². The Labute approximate surface area is 150 Å². The molecular formula is C14H21N3O6S2. The highest BCUT2D eigenvalue weighted by Crippen LogP contribution is 2.22. The van der Waals surface area contributed by atoms with Gasteiger partial charge in [0.15, 0.2) is 0 Å². The van der Waals surface area contributed by atoms with Gasteiger partial charge in [0.25, 0.3) is 0 Å². The summed E-state index contributed by atoms with van der Waals surface area (Å²) in [5, 5.41) is 1.53. The first-order valence-corrected chi connectivity index (χ1v) is 9.96. The number of hydrogen-bond donors (Lipinski definition) is 1. The van der Waals surface area contributed by atoms with Gasteiger partial charge in [-0.15, -0.1) is 11.3 Å². The van der Waals surface area contributed by atoms with E-state index in [0.29, 0.717) is 32.7 Å². The Balaban J connectivity index is 1.85. The number of carbonyl (C=O) groups excluding carboxylic acids is 2. The molecule has 11 heteroatoms. The van der Waals surface area contributed by atoms with Crippen LogP contribution in [0, 0.1) is 0 Å². The minimum absolute atomic E-state index is 0.0571. The summed E-state index contributed by atoms with van der Waals surface area (Å²) in [6.07, 6.45) is -0.354. The molecule has 0 radical (unpaired) electrons. The number of hydrogen-bond acceptors (Lipinski definition) is 8. The molecule has 0 spiro atoms. The maximum atomic E-state index is 12.4. The van der Waals surface area contributed by atoms with Crippen molar-refractivity contribution in [3.05, 3.63) is 16.3 Å². The molecular weight excluding hydrogens is 370 g/mol. The molecule has 140 valence electrons. The summed E-state index contributed by atoms with van der Waals surface area (Å²) in [5.41, 5.74) is 0. The van der Waals surface area contributed by atoms with Crippen molar-refractivity contribution in [1.82, 2.24) is 14.5 Å². The fraction of sp³-hybridized carbons (Fsp3) is 0.571. The number of nitrogens with zero attached hydrogens (tertiary/aromatic N) is 2. The number of esters is 1. The van der Waals surface area contributed by atoms with Crippen molar-refractivity contribution in [2.24, 2.45) is 0 Å². The maximum Gasteiger partial charge on any atom is 0.409 e. The van der Waals surface area contributed by atoms with Crippen LogP contribution in [0.1, 0.15) is 9.67 Å². The predicted octanol–water partition coefficient (Wildman–Crippen LogP) is 0.197. The van der Waals surface area contributed by atoms with Crippen LogP contribution in [0.15, 0.2) is 16.3 Å². The normalized spacial score (nSPS) is 15.8. The van der Waals surface area contributed by atoms with Crippen LogP contribution in [0.2, 0.25) is 0 Å². The summed E-state index contributed by atoms with van der Waals surface area (Å²) in [4.78, 5) is 26.7. The van der Waals surface area contributed by atoms with Crippen molar-refractivity contribution in [3.63, 3.8) is 0 Å². The summed E-state index contributed by atoms with van der Waals surface area (Å²) < 4.78 is 36.5. The molecule has 0 unspecified atom stereocenters. The summed E-state index contributed by atoms with van der Waals surface area (Å²) in [7, 11) is -1.23. The highest BCUT2D eigenvalue weighted by Gasteiger charge is 2.25. The van der Waals surface area contributed by atoms with Gasteiger partial charge in [0, 0.05) is 39.3 Å². The molecule has 1 aromatic rings. The van der Waals surface area contributed by atoms with E-state index >= 15 is 0 Å². The SMILES string of the molecule is COC(=O)c1sccc1S(=O)(=O)NCCN1CCN(C(=O)OC)CC1. The molecule has 1 saturated heterocycles. The predicted molar refractivity (Wildman–Crippen MR) is 91.3 cm³/mol. The Kier molecular flexibility index (Phi) is 6.76. The summed E-state index contributed by atoms with van der Waals surface area (Å²) in [5.74, 6) is -0.672. The lowest BCUT2D eigenvalue weighted by atomic mass is 10.3. The van der Waals surface area contributed by atoms with Gasteiger partial charge in [-0.1, -0.05) is 0 Å². The number of methoxy groups -OCH3 is 2. The number of thiophene rings is 1. The Morgan fingerprint density at radius 1 is 1.20 bits per heavy atom. The Morgan fingerprint density at radius 2 is 1.88 bits per heavy atom. The second-order valence-corrected chi connectivity index (χ2v) is 7.95. The molecule has 25 heavy (non-hydrogen) atoms. The van der Waals surface area contributed by atoms with E-state index in [1.54, 1.807) is 4.90 Å². The molecule has 1 N–H and O–H groups in total. The van der Waals surface area contributed by atoms with E-state index in [-0.39, 0.29) is 22.4 Å². The van der Waals surface area contributed by atoms with E-state index in [4.69, 9.17) is 0 Å². The Bertz CT molecular complexity index is 710. The fourth-order valence-electron chi connectivity index (χ4n) is 2.45. The average Bonchev–Trinajstić information content (AvgIpc) is 3.11. The van der Waals surface area contributed by atoms with E-state index in [1.807, 2.05) is 0 Å². The molecule has 2 heterocycles. The Morgan fingerprint density at radius 3 is 2.48 bits per heavy atom. The topological polar surface area (TPSA) is 105 Å². The Hall–Kier alpha value is -1.69. The van der Waals surface area contributed by atoms with Gasteiger partial charge in [0.05, 0.1) is 14.2 Å². The van der Waals surface area contributed by atoms with Gasteiger partial charge in [-0.2, -0.15) is 0 Å². The number of rotatable bonds is 6. The molecule has 1 aromatic heterocycles. The molecule has 1 amide bonds. The molecule has 9 nitrogen and oxygen atoms in total. The number of piperazine rings is 1. The molecule has 0 bridgehead atoms. The smallest absolute Gasteiger partial charge is 0.409 e. The fourth-order valence-corrected chi connectivity index (χ4v) is 4.80. The molecule has 1 aliphatic rings. The molecule has 1 fully saturated rings. The minimum Gasteiger partial charge on any atom is -0.465 e. The largest absolute Gasteiger partial charge is 0.465 e. The van der Waals surface area contributed by atoms with Crippen molar-refractivity contribution >= 4 is 33.4 Å². The van der Waals surface area contributed by atoms with Gasteiger partial charge >= 0.3 is 12.1 Å². The van der Waals surface area contributed by atoms with E-state index in [9.17, 15) is 18.0 Å². The molecule has 2 rings (SSSR count). The van der Waals surface area contributed by atoms with Crippen molar-refractivity contribution in [2.45, 2.75) is 4.90 Å². The van der Waals surface area contributed by atoms with Gasteiger partial charge in [-0.05, 0) is 11.4 Å². The quantitative estimate of drug-likeness (QED) is 0.691. The van der Waals surface area contributed by atoms with Gasteiger partial charge in [-0.25, -0.2) is 22.7 Å². The first-order valence-electron chi connectivity index (χ1n) is 7.59. The van der Waals surface area contributed by atoms with Crippen LogP contribution < -0.4 is 4.72 Å². The first kappa shape index (κ1) is 19.6. The number of ether oxygens (including phenoxy) is 2. The maximum absolute atomic E-state index is 12.4. The van der Waals surface area contributed by atoms with Crippen LogP contribution in [0.5, 0.6) is 0 Å². The number of sulfonamides is 1. The van der Waals surface area contributed by atoms with E-state index < -0.39 is 16.0 Å². The third-order valence-corrected chi connectivity index (χ3v) is 6.34. The third-order valence-electron chi connectivity index (χ3n) is 3.81. The molecule has 0 aromatic carbocycles. The lowest BCUT2D eigenvalue weighted by Gasteiger charge is -2.33. The van der Waals surface area contributed by atoms with Crippen molar-refractivity contribution < 1.29 is 27.5 Å². The molecule has 0 saturated carbocycles. The zero-order valence-corrected chi connectivity index (χ0v) is 15.7. The van der Waals surface area contributed by atoms with Gasteiger partial charge in [0.2, 0.25) is 10.0 Å². The molecule has 0 aliphatic carbocycles. The summed E-state index contributed by atoms with van der Waals surface area (Å²) in [6, 6.07) is 1.38. The lowest BCUT2D eigenvalue weighted by Crippen LogP contribution is -2.50. The van der Waals surface area contributed by atoms with Crippen LogP contribution in [0.3, 0.4) is 0 Å². The third kappa shape index (κ3) is 4.91. The zero-order valence-electron chi connectivity index (χ0n) is 14.1. The molecule has 1 aliphatic heterocycles. The zero-order chi connectivity index (χ0) is 18.4. The van der Waals surface area contributed by atoms with Crippen LogP contribution in [-0.2, 0) is 19.5 Å². The monoisotopic (exact) mass is 391 g/mol. The van der Waals surface area contributed by atoms with E-state index in [2.05, 4.69) is 19.1 Å².